The van der Waals surface area contributed by atoms with Gasteiger partial charge in [0.2, 0.25) is 0 Å². The van der Waals surface area contributed by atoms with Crippen LogP contribution in [0.2, 0.25) is 0 Å². The van der Waals surface area contributed by atoms with Gasteiger partial charge in [0.1, 0.15) is 19.3 Å². The van der Waals surface area contributed by atoms with Crippen LogP contribution in [0.1, 0.15) is 162 Å². The second kappa shape index (κ2) is 34.8. The third-order valence-corrected chi connectivity index (χ3v) is 9.36. The largest absolute Gasteiger partial charge is 0.756 e. The van der Waals surface area contributed by atoms with Gasteiger partial charge in [0.15, 0.2) is 0 Å². The molecule has 0 spiro atoms. The number of phosphoric acid groups is 1. The third kappa shape index (κ3) is 38.0. The second-order valence-corrected chi connectivity index (χ2v) is 16.0. The summed E-state index contributed by atoms with van der Waals surface area (Å²) < 4.78 is 34.5. The lowest BCUT2D eigenvalue weighted by Crippen LogP contribution is -2.37. The minimum atomic E-state index is -4.52. The van der Waals surface area contributed by atoms with Crippen molar-refractivity contribution in [1.29, 1.82) is 0 Å². The molecule has 0 aromatic rings. The van der Waals surface area contributed by atoms with Crippen molar-refractivity contribution in [2.24, 2.45) is 0 Å². The number of likely N-dealkylation sites (N-methyl/N-ethyl adjacent to an activating group) is 1. The molecule has 0 bridgehead atoms. The van der Waals surface area contributed by atoms with Gasteiger partial charge in [-0.2, -0.15) is 0 Å². The number of phosphoric ester groups is 1. The zero-order valence-electron chi connectivity index (χ0n) is 33.1. The van der Waals surface area contributed by atoms with E-state index >= 15 is 0 Å². The number of unbranched alkanes of at least 4 members (excludes halogenated alkanes) is 17. The number of hydrogen-bond donors (Lipinski definition) is 0. The molecule has 0 aliphatic rings. The number of hydrogen-bond acceptors (Lipinski definition) is 7. The number of allylic oxidation sites excluding steroid dienone is 6. The highest BCUT2D eigenvalue weighted by atomic mass is 31.2. The first kappa shape index (κ1) is 48.7. The average molecular weight is 728 g/mol. The Morgan fingerprint density at radius 3 is 1.72 bits per heavy atom. The van der Waals surface area contributed by atoms with Gasteiger partial charge in [0.25, 0.3) is 7.82 Å². The molecule has 2 unspecified atom stereocenters. The lowest BCUT2D eigenvalue weighted by molar-refractivity contribution is -0.870. The summed E-state index contributed by atoms with van der Waals surface area (Å²) >= 11 is 0. The van der Waals surface area contributed by atoms with E-state index in [-0.39, 0.29) is 25.8 Å². The summed E-state index contributed by atoms with van der Waals surface area (Å²) in [5, 5.41) is 0. The molecule has 0 N–H and O–H groups in total. The molecule has 2 atom stereocenters. The van der Waals surface area contributed by atoms with E-state index in [1.54, 1.807) is 0 Å². The van der Waals surface area contributed by atoms with E-state index in [1.807, 2.05) is 21.1 Å². The van der Waals surface area contributed by atoms with E-state index in [4.69, 9.17) is 18.5 Å². The van der Waals surface area contributed by atoms with E-state index in [1.165, 1.54) is 70.6 Å². The molecule has 0 aromatic heterocycles. The number of quaternary nitrogens is 1. The fraction of sp³-hybridized carbons (Fsp3) is 0.829. The summed E-state index contributed by atoms with van der Waals surface area (Å²) in [5.74, 6) is -0.349. The SMILES string of the molecule is CCC/C=C\C/C=C\CCCCCCCCOCC(COP(=O)([O-])OCC[N+](C)(C)C)OC(=O)CCCCCCC/C=C\CCCCCCC. The Labute approximate surface area is 308 Å². The van der Waals surface area contributed by atoms with Crippen molar-refractivity contribution in [3.63, 3.8) is 0 Å². The van der Waals surface area contributed by atoms with Gasteiger partial charge >= 0.3 is 5.97 Å². The quantitative estimate of drug-likeness (QED) is 0.0207. The Morgan fingerprint density at radius 1 is 0.620 bits per heavy atom. The number of carbonyl (C=O) groups is 1. The van der Waals surface area contributed by atoms with E-state index in [9.17, 15) is 14.3 Å². The highest BCUT2D eigenvalue weighted by Crippen LogP contribution is 2.38. The van der Waals surface area contributed by atoms with Crippen LogP contribution in [0.25, 0.3) is 0 Å². The van der Waals surface area contributed by atoms with Gasteiger partial charge in [-0.15, -0.1) is 0 Å². The Kier molecular flexibility index (Phi) is 33.9. The summed E-state index contributed by atoms with van der Waals surface area (Å²) in [7, 11) is 1.34. The van der Waals surface area contributed by atoms with Crippen molar-refractivity contribution >= 4 is 13.8 Å². The number of rotatable bonds is 37. The molecule has 294 valence electrons. The maximum Gasteiger partial charge on any atom is 0.306 e. The van der Waals surface area contributed by atoms with Crippen molar-refractivity contribution in [2.45, 2.75) is 168 Å². The predicted molar refractivity (Wildman–Crippen MR) is 208 cm³/mol. The topological polar surface area (TPSA) is 94.1 Å². The molecule has 0 aromatic carbocycles. The monoisotopic (exact) mass is 728 g/mol. The van der Waals surface area contributed by atoms with E-state index in [0.29, 0.717) is 24.1 Å². The molecule has 0 fully saturated rings. The van der Waals surface area contributed by atoms with Gasteiger partial charge in [-0.1, -0.05) is 127 Å². The van der Waals surface area contributed by atoms with Crippen LogP contribution in [-0.4, -0.2) is 70.7 Å². The van der Waals surface area contributed by atoms with E-state index in [0.717, 1.165) is 70.6 Å². The fourth-order valence-electron chi connectivity index (χ4n) is 5.22. The minimum absolute atomic E-state index is 0.0219. The van der Waals surface area contributed by atoms with Crippen LogP contribution >= 0.6 is 7.82 Å². The molecule has 0 aliphatic heterocycles. The van der Waals surface area contributed by atoms with Crippen LogP contribution in [0.5, 0.6) is 0 Å². The standard InChI is InChI=1S/C41H78NO7P/c1-6-8-10-12-14-16-18-20-22-24-26-28-30-32-34-41(43)49-40(39-48-50(44,45)47-37-35-42(3,4)5)38-46-36-33-31-29-27-25-23-21-19-17-15-13-11-9-7-2/h11,13,17-20,40H,6-10,12,14-16,21-39H2,1-5H3/b13-11-,19-17-,20-18-. The highest BCUT2D eigenvalue weighted by Gasteiger charge is 2.20. The zero-order valence-corrected chi connectivity index (χ0v) is 34.0. The Bertz CT molecular complexity index is 900. The molecule has 0 radical (unpaired) electrons. The normalized spacial score (nSPS) is 14.3. The summed E-state index contributed by atoms with van der Waals surface area (Å²) in [5.41, 5.74) is 0. The lowest BCUT2D eigenvalue weighted by atomic mass is 10.1. The Morgan fingerprint density at radius 2 is 1.14 bits per heavy atom. The van der Waals surface area contributed by atoms with Gasteiger partial charge in [-0.25, -0.2) is 0 Å². The average Bonchev–Trinajstić information content (AvgIpc) is 3.06. The van der Waals surface area contributed by atoms with Crippen LogP contribution < -0.4 is 4.89 Å². The zero-order chi connectivity index (χ0) is 37.0. The summed E-state index contributed by atoms with van der Waals surface area (Å²) in [6.07, 6.45) is 38.6. The molecule has 0 rings (SSSR count). The maximum atomic E-state index is 12.6. The highest BCUT2D eigenvalue weighted by molar-refractivity contribution is 7.45. The molecule has 8 nitrogen and oxygen atoms in total. The van der Waals surface area contributed by atoms with Crippen molar-refractivity contribution in [2.75, 3.05) is 54.1 Å². The molecule has 50 heavy (non-hydrogen) atoms. The van der Waals surface area contributed by atoms with Crippen LogP contribution in [0.15, 0.2) is 36.5 Å². The van der Waals surface area contributed by atoms with Crippen molar-refractivity contribution in [1.82, 2.24) is 0 Å². The molecule has 0 amide bonds. The Balaban J connectivity index is 4.31. The second-order valence-electron chi connectivity index (χ2n) is 14.6. The first-order valence-electron chi connectivity index (χ1n) is 20.2. The first-order chi connectivity index (χ1) is 24.1. The van der Waals surface area contributed by atoms with Crippen LogP contribution in [0.3, 0.4) is 0 Å². The van der Waals surface area contributed by atoms with Crippen LogP contribution in [-0.2, 0) is 27.9 Å². The molecule has 0 aliphatic carbocycles. The van der Waals surface area contributed by atoms with Gasteiger partial charge in [0.05, 0.1) is 34.4 Å². The molecular formula is C41H78NO7P. The minimum Gasteiger partial charge on any atom is -0.756 e. The van der Waals surface area contributed by atoms with Crippen molar-refractivity contribution in [3.8, 4) is 0 Å². The summed E-state index contributed by atoms with van der Waals surface area (Å²) in [6, 6.07) is 0. The number of nitrogens with zero attached hydrogens (tertiary/aromatic N) is 1. The molecule has 0 saturated heterocycles. The van der Waals surface area contributed by atoms with Crippen LogP contribution in [0, 0.1) is 0 Å². The van der Waals surface area contributed by atoms with Crippen LogP contribution in [0.4, 0.5) is 0 Å². The fourth-order valence-corrected chi connectivity index (χ4v) is 5.95. The van der Waals surface area contributed by atoms with E-state index in [2.05, 4.69) is 50.3 Å². The number of ether oxygens (including phenoxy) is 2. The molecular weight excluding hydrogens is 649 g/mol. The van der Waals surface area contributed by atoms with Gasteiger partial charge in [-0.3, -0.25) is 9.36 Å². The predicted octanol–water partition coefficient (Wildman–Crippen LogP) is 10.8. The van der Waals surface area contributed by atoms with Gasteiger partial charge in [0, 0.05) is 13.0 Å². The van der Waals surface area contributed by atoms with Crippen molar-refractivity contribution in [3.05, 3.63) is 36.5 Å². The lowest BCUT2D eigenvalue weighted by Gasteiger charge is -2.28. The summed E-state index contributed by atoms with van der Waals surface area (Å²) in [6.45, 7) is 5.30. The molecule has 0 heterocycles. The smallest absolute Gasteiger partial charge is 0.306 e. The van der Waals surface area contributed by atoms with Gasteiger partial charge in [-0.05, 0) is 64.2 Å². The summed E-state index contributed by atoms with van der Waals surface area (Å²) in [4.78, 5) is 25.0. The van der Waals surface area contributed by atoms with E-state index < -0.39 is 13.9 Å². The van der Waals surface area contributed by atoms with Gasteiger partial charge < -0.3 is 27.9 Å². The molecule has 9 heteroatoms. The van der Waals surface area contributed by atoms with Crippen molar-refractivity contribution < 1.29 is 37.3 Å². The first-order valence-corrected chi connectivity index (χ1v) is 21.7. The Hall–Kier alpha value is -1.28. The maximum absolute atomic E-state index is 12.6. The number of esters is 1. The number of carbonyl (C=O) groups excluding carboxylic acids is 1. The molecule has 0 saturated carbocycles. The third-order valence-electron chi connectivity index (χ3n) is 8.39.